The first-order chi connectivity index (χ1) is 13.5. The lowest BCUT2D eigenvalue weighted by atomic mass is 10.2. The van der Waals surface area contributed by atoms with Gasteiger partial charge in [-0.1, -0.05) is 12.1 Å². The van der Waals surface area contributed by atoms with Crippen LogP contribution in [0.3, 0.4) is 0 Å². The molecule has 1 unspecified atom stereocenters. The molecule has 0 saturated carbocycles. The van der Waals surface area contributed by atoms with Crippen LogP contribution in [0.5, 0.6) is 5.75 Å². The van der Waals surface area contributed by atoms with E-state index in [0.29, 0.717) is 12.1 Å². The number of methoxy groups -OCH3 is 1. The summed E-state index contributed by atoms with van der Waals surface area (Å²) in [7, 11) is 1.64. The molecule has 0 amide bonds. The summed E-state index contributed by atoms with van der Waals surface area (Å²) in [5.74, 6) is 1.66. The highest BCUT2D eigenvalue weighted by molar-refractivity contribution is 7.09. The molecule has 0 N–H and O–H groups in total. The molecular formula is C21H22N4O2S. The number of fused-ring (bicyclic) bond motifs is 1. The van der Waals surface area contributed by atoms with Crippen molar-refractivity contribution in [2.24, 2.45) is 0 Å². The SMILES string of the molecule is COc1ccc(Cn2c(C)cn3c(C(C)c4nc(C)cs4)ncc3c2=O)cc1. The van der Waals surface area contributed by atoms with Gasteiger partial charge >= 0.3 is 0 Å². The summed E-state index contributed by atoms with van der Waals surface area (Å²) < 4.78 is 8.89. The van der Waals surface area contributed by atoms with E-state index in [2.05, 4.69) is 16.9 Å². The molecule has 0 saturated heterocycles. The lowest BCUT2D eigenvalue weighted by molar-refractivity contribution is 0.414. The number of thiazole rings is 1. The fraction of sp³-hybridized carbons (Fsp3) is 0.286. The molecule has 4 rings (SSSR count). The van der Waals surface area contributed by atoms with Gasteiger partial charge in [-0.3, -0.25) is 9.20 Å². The topological polar surface area (TPSA) is 61.4 Å². The number of rotatable bonds is 5. The van der Waals surface area contributed by atoms with Gasteiger partial charge in [-0.25, -0.2) is 9.97 Å². The lowest BCUT2D eigenvalue weighted by Crippen LogP contribution is -2.25. The molecule has 28 heavy (non-hydrogen) atoms. The van der Waals surface area contributed by atoms with Crippen molar-refractivity contribution in [3.63, 3.8) is 0 Å². The maximum absolute atomic E-state index is 13.1. The van der Waals surface area contributed by atoms with Gasteiger partial charge in [-0.05, 0) is 38.5 Å². The first kappa shape index (κ1) is 18.4. The molecule has 144 valence electrons. The number of nitrogens with zero attached hydrogens (tertiary/aromatic N) is 4. The molecule has 6 nitrogen and oxygen atoms in total. The van der Waals surface area contributed by atoms with Crippen LogP contribution in [0, 0.1) is 13.8 Å². The van der Waals surface area contributed by atoms with Crippen LogP contribution in [-0.4, -0.2) is 26.0 Å². The van der Waals surface area contributed by atoms with E-state index in [1.165, 1.54) is 0 Å². The number of aromatic nitrogens is 4. The van der Waals surface area contributed by atoms with Gasteiger partial charge in [0.15, 0.2) is 0 Å². The third-order valence-corrected chi connectivity index (χ3v) is 6.07. The van der Waals surface area contributed by atoms with Crippen LogP contribution in [-0.2, 0) is 6.54 Å². The van der Waals surface area contributed by atoms with Crippen molar-refractivity contribution in [3.05, 3.63) is 80.2 Å². The van der Waals surface area contributed by atoms with Crippen LogP contribution < -0.4 is 10.3 Å². The predicted molar refractivity (Wildman–Crippen MR) is 111 cm³/mol. The second-order valence-electron chi connectivity index (χ2n) is 6.93. The van der Waals surface area contributed by atoms with E-state index >= 15 is 0 Å². The monoisotopic (exact) mass is 394 g/mol. The van der Waals surface area contributed by atoms with Crippen LogP contribution >= 0.6 is 11.3 Å². The molecule has 0 aliphatic carbocycles. The second kappa shape index (κ2) is 7.24. The quantitative estimate of drug-likeness (QED) is 0.517. The van der Waals surface area contributed by atoms with Crippen LogP contribution in [0.1, 0.15) is 40.6 Å². The van der Waals surface area contributed by atoms with Gasteiger partial charge in [0.1, 0.15) is 22.1 Å². The van der Waals surface area contributed by atoms with E-state index in [9.17, 15) is 4.79 Å². The first-order valence-corrected chi connectivity index (χ1v) is 9.98. The van der Waals surface area contributed by atoms with Gasteiger partial charge in [0.2, 0.25) is 0 Å². The zero-order valence-electron chi connectivity index (χ0n) is 16.3. The van der Waals surface area contributed by atoms with E-state index in [4.69, 9.17) is 4.74 Å². The Kier molecular flexibility index (Phi) is 4.77. The van der Waals surface area contributed by atoms with Crippen molar-refractivity contribution in [2.45, 2.75) is 33.2 Å². The van der Waals surface area contributed by atoms with Crippen molar-refractivity contribution in [2.75, 3.05) is 7.11 Å². The van der Waals surface area contributed by atoms with Crippen LogP contribution in [0.25, 0.3) is 5.52 Å². The third-order valence-electron chi connectivity index (χ3n) is 4.93. The molecule has 4 aromatic rings. The van der Waals surface area contributed by atoms with Crippen LogP contribution in [0.2, 0.25) is 0 Å². The van der Waals surface area contributed by atoms with Gasteiger partial charge in [-0.15, -0.1) is 11.3 Å². The highest BCUT2D eigenvalue weighted by Crippen LogP contribution is 2.26. The second-order valence-corrected chi connectivity index (χ2v) is 7.82. The smallest absolute Gasteiger partial charge is 0.276 e. The molecule has 0 radical (unpaired) electrons. The fourth-order valence-corrected chi connectivity index (χ4v) is 4.19. The van der Waals surface area contributed by atoms with E-state index in [1.807, 2.05) is 54.1 Å². The standard InChI is InChI=1S/C21H22N4O2S/c1-13-12-28-20(23-13)15(3)19-22-9-18-21(26)24(14(2)10-25(18)19)11-16-5-7-17(27-4)8-6-16/h5-10,12,15H,11H2,1-4H3. The molecule has 0 aliphatic heterocycles. The highest BCUT2D eigenvalue weighted by atomic mass is 32.1. The Morgan fingerprint density at radius 2 is 1.96 bits per heavy atom. The number of hydrogen-bond acceptors (Lipinski definition) is 5. The van der Waals surface area contributed by atoms with E-state index in [-0.39, 0.29) is 11.5 Å². The largest absolute Gasteiger partial charge is 0.497 e. The number of hydrogen-bond donors (Lipinski definition) is 0. The zero-order chi connectivity index (χ0) is 19.8. The minimum Gasteiger partial charge on any atom is -0.497 e. The summed E-state index contributed by atoms with van der Waals surface area (Å²) in [5.41, 5.74) is 3.47. The molecule has 3 aromatic heterocycles. The van der Waals surface area contributed by atoms with E-state index < -0.39 is 0 Å². The molecule has 0 bridgehead atoms. The molecule has 1 aromatic carbocycles. The Morgan fingerprint density at radius 1 is 1.21 bits per heavy atom. The average molecular weight is 395 g/mol. The molecular weight excluding hydrogens is 372 g/mol. The summed E-state index contributed by atoms with van der Waals surface area (Å²) in [5, 5.41) is 3.04. The molecule has 1 atom stereocenters. The van der Waals surface area contributed by atoms with E-state index in [1.54, 1.807) is 29.2 Å². The van der Waals surface area contributed by atoms with Crippen LogP contribution in [0.15, 0.2) is 46.8 Å². The molecule has 0 aliphatic rings. The number of imidazole rings is 1. The van der Waals surface area contributed by atoms with Gasteiger partial charge in [0.25, 0.3) is 5.56 Å². The summed E-state index contributed by atoms with van der Waals surface area (Å²) in [6.45, 7) is 6.52. The maximum atomic E-state index is 13.1. The Morgan fingerprint density at radius 3 is 2.61 bits per heavy atom. The number of ether oxygens (including phenoxy) is 1. The number of benzene rings is 1. The Labute approximate surface area is 167 Å². The van der Waals surface area contributed by atoms with E-state index in [0.717, 1.165) is 33.5 Å². The summed E-state index contributed by atoms with van der Waals surface area (Å²) >= 11 is 1.62. The Hall–Kier alpha value is -2.93. The van der Waals surface area contributed by atoms with Gasteiger partial charge in [-0.2, -0.15) is 0 Å². The van der Waals surface area contributed by atoms with Gasteiger partial charge in [0.05, 0.1) is 25.8 Å². The molecule has 7 heteroatoms. The van der Waals surface area contributed by atoms with Crippen LogP contribution in [0.4, 0.5) is 0 Å². The van der Waals surface area contributed by atoms with Crippen molar-refractivity contribution in [1.29, 1.82) is 0 Å². The maximum Gasteiger partial charge on any atom is 0.276 e. The molecule has 3 heterocycles. The molecule has 0 fully saturated rings. The van der Waals surface area contributed by atoms with Crippen molar-refractivity contribution in [1.82, 2.24) is 18.9 Å². The van der Waals surface area contributed by atoms with Gasteiger partial charge < -0.3 is 9.30 Å². The lowest BCUT2D eigenvalue weighted by Gasteiger charge is -2.13. The van der Waals surface area contributed by atoms with Crippen molar-refractivity contribution < 1.29 is 4.74 Å². The summed E-state index contributed by atoms with van der Waals surface area (Å²) in [4.78, 5) is 22.2. The Bertz CT molecular complexity index is 1190. The fourth-order valence-electron chi connectivity index (χ4n) is 3.34. The zero-order valence-corrected chi connectivity index (χ0v) is 17.2. The van der Waals surface area contributed by atoms with Crippen molar-refractivity contribution in [3.8, 4) is 5.75 Å². The minimum absolute atomic E-state index is 0.0254. The summed E-state index contributed by atoms with van der Waals surface area (Å²) in [6, 6.07) is 7.76. The average Bonchev–Trinajstić information content (AvgIpc) is 3.31. The summed E-state index contributed by atoms with van der Waals surface area (Å²) in [6.07, 6.45) is 3.65. The minimum atomic E-state index is -0.0444. The number of aryl methyl sites for hydroxylation is 2. The first-order valence-electron chi connectivity index (χ1n) is 9.10. The van der Waals surface area contributed by atoms with Gasteiger partial charge in [0, 0.05) is 23.0 Å². The third kappa shape index (κ3) is 3.22. The predicted octanol–water partition coefficient (Wildman–Crippen LogP) is 3.78. The normalized spacial score (nSPS) is 12.4. The highest BCUT2D eigenvalue weighted by Gasteiger charge is 2.19. The van der Waals surface area contributed by atoms with Crippen molar-refractivity contribution >= 4 is 16.9 Å². The molecule has 0 spiro atoms. The Balaban J connectivity index is 1.73.